The van der Waals surface area contributed by atoms with Gasteiger partial charge < -0.3 is 4.74 Å². The van der Waals surface area contributed by atoms with Crippen molar-refractivity contribution in [3.05, 3.63) is 46.9 Å². The van der Waals surface area contributed by atoms with Crippen molar-refractivity contribution in [1.29, 1.82) is 0 Å². The Morgan fingerprint density at radius 1 is 1.30 bits per heavy atom. The van der Waals surface area contributed by atoms with Gasteiger partial charge in [-0.25, -0.2) is 4.39 Å². The van der Waals surface area contributed by atoms with Gasteiger partial charge >= 0.3 is 0 Å². The third-order valence-corrected chi connectivity index (χ3v) is 3.96. The van der Waals surface area contributed by atoms with Crippen molar-refractivity contribution in [3.63, 3.8) is 0 Å². The Balaban J connectivity index is 2.32. The van der Waals surface area contributed by atoms with Crippen LogP contribution in [-0.4, -0.2) is 16.0 Å². The average Bonchev–Trinajstić information content (AvgIpc) is 2.43. The molecule has 0 aliphatic carbocycles. The molecule has 0 N–H and O–H groups in total. The minimum Gasteiger partial charge on any atom is -0.434 e. The standard InChI is InChI=1S/C14H14ClFN2OS/c1-3-20-9(2)10-5-4-6-11(16)14(10)19-13-8-7-12(15)17-18-13/h4-9H,3H2,1-2H3. The molecule has 1 heterocycles. The molecule has 0 amide bonds. The maximum Gasteiger partial charge on any atom is 0.239 e. The molecule has 0 radical (unpaired) electrons. The number of benzene rings is 1. The van der Waals surface area contributed by atoms with Crippen molar-refractivity contribution in [2.24, 2.45) is 0 Å². The lowest BCUT2D eigenvalue weighted by molar-refractivity contribution is 0.416. The average molecular weight is 313 g/mol. The van der Waals surface area contributed by atoms with E-state index in [1.54, 1.807) is 30.0 Å². The highest BCUT2D eigenvalue weighted by Crippen LogP contribution is 2.37. The first kappa shape index (κ1) is 15.1. The zero-order valence-corrected chi connectivity index (χ0v) is 12.7. The summed E-state index contributed by atoms with van der Waals surface area (Å²) in [4.78, 5) is 0. The van der Waals surface area contributed by atoms with Gasteiger partial charge in [-0.1, -0.05) is 30.7 Å². The van der Waals surface area contributed by atoms with Gasteiger partial charge in [0.25, 0.3) is 0 Å². The zero-order valence-electron chi connectivity index (χ0n) is 11.1. The van der Waals surface area contributed by atoms with Crippen LogP contribution in [0.25, 0.3) is 0 Å². The van der Waals surface area contributed by atoms with E-state index in [0.717, 1.165) is 11.3 Å². The summed E-state index contributed by atoms with van der Waals surface area (Å²) in [7, 11) is 0. The number of ether oxygens (including phenoxy) is 1. The lowest BCUT2D eigenvalue weighted by atomic mass is 10.1. The minimum absolute atomic E-state index is 0.131. The van der Waals surface area contributed by atoms with Gasteiger partial charge in [-0.3, -0.25) is 0 Å². The highest BCUT2D eigenvalue weighted by molar-refractivity contribution is 7.99. The topological polar surface area (TPSA) is 35.0 Å². The van der Waals surface area contributed by atoms with E-state index in [0.29, 0.717) is 0 Å². The van der Waals surface area contributed by atoms with E-state index in [2.05, 4.69) is 17.1 Å². The van der Waals surface area contributed by atoms with Crippen LogP contribution in [0.5, 0.6) is 11.6 Å². The predicted molar refractivity (Wildman–Crippen MR) is 80.1 cm³/mol. The fourth-order valence-corrected chi connectivity index (χ4v) is 2.72. The summed E-state index contributed by atoms with van der Waals surface area (Å²) < 4.78 is 19.5. The smallest absolute Gasteiger partial charge is 0.239 e. The number of para-hydroxylation sites is 1. The SMILES string of the molecule is CCSC(C)c1cccc(F)c1Oc1ccc(Cl)nn1. The van der Waals surface area contributed by atoms with Gasteiger partial charge in [-0.05, 0) is 24.8 Å². The van der Waals surface area contributed by atoms with Crippen LogP contribution < -0.4 is 4.74 Å². The van der Waals surface area contributed by atoms with E-state index in [1.807, 2.05) is 13.0 Å². The lowest BCUT2D eigenvalue weighted by Gasteiger charge is -2.16. The maximum absolute atomic E-state index is 14.0. The van der Waals surface area contributed by atoms with Crippen LogP contribution in [0.3, 0.4) is 0 Å². The zero-order chi connectivity index (χ0) is 14.5. The normalized spacial score (nSPS) is 12.2. The van der Waals surface area contributed by atoms with Gasteiger partial charge in [-0.2, -0.15) is 11.8 Å². The second kappa shape index (κ2) is 6.90. The van der Waals surface area contributed by atoms with Crippen molar-refractivity contribution < 1.29 is 9.13 Å². The summed E-state index contributed by atoms with van der Waals surface area (Å²) in [6.07, 6.45) is 0. The maximum atomic E-state index is 14.0. The van der Waals surface area contributed by atoms with Crippen LogP contribution in [0.1, 0.15) is 24.7 Å². The molecule has 0 bridgehead atoms. The van der Waals surface area contributed by atoms with Crippen molar-refractivity contribution >= 4 is 23.4 Å². The molecule has 0 aliphatic heterocycles. The number of aromatic nitrogens is 2. The predicted octanol–water partition coefficient (Wildman–Crippen LogP) is 4.88. The molecule has 2 rings (SSSR count). The number of hydrogen-bond donors (Lipinski definition) is 0. The molecular weight excluding hydrogens is 299 g/mol. The van der Waals surface area contributed by atoms with Crippen LogP contribution in [0, 0.1) is 5.82 Å². The molecule has 20 heavy (non-hydrogen) atoms. The van der Waals surface area contributed by atoms with E-state index >= 15 is 0 Å². The minimum atomic E-state index is -0.414. The molecule has 1 atom stereocenters. The monoisotopic (exact) mass is 312 g/mol. The molecule has 0 aliphatic rings. The molecule has 0 saturated heterocycles. The second-order valence-corrected chi connectivity index (χ2v) is 6.06. The van der Waals surface area contributed by atoms with Crippen LogP contribution >= 0.6 is 23.4 Å². The molecule has 0 saturated carbocycles. The van der Waals surface area contributed by atoms with Crippen LogP contribution in [0.4, 0.5) is 4.39 Å². The molecule has 3 nitrogen and oxygen atoms in total. The summed E-state index contributed by atoms with van der Waals surface area (Å²) in [5.41, 5.74) is 0.800. The highest BCUT2D eigenvalue weighted by Gasteiger charge is 2.17. The molecule has 1 unspecified atom stereocenters. The highest BCUT2D eigenvalue weighted by atomic mass is 35.5. The fraction of sp³-hybridized carbons (Fsp3) is 0.286. The van der Waals surface area contributed by atoms with Crippen LogP contribution in [0.15, 0.2) is 30.3 Å². The van der Waals surface area contributed by atoms with E-state index in [4.69, 9.17) is 16.3 Å². The Morgan fingerprint density at radius 3 is 2.75 bits per heavy atom. The molecule has 2 aromatic rings. The number of rotatable bonds is 5. The van der Waals surface area contributed by atoms with Crippen molar-refractivity contribution in [1.82, 2.24) is 10.2 Å². The summed E-state index contributed by atoms with van der Waals surface area (Å²) in [6.45, 7) is 4.08. The van der Waals surface area contributed by atoms with Gasteiger partial charge in [0.2, 0.25) is 5.88 Å². The molecular formula is C14H14ClFN2OS. The largest absolute Gasteiger partial charge is 0.434 e. The first-order valence-corrected chi connectivity index (χ1v) is 7.61. The van der Waals surface area contributed by atoms with Crippen molar-refractivity contribution in [2.75, 3.05) is 5.75 Å². The molecule has 1 aromatic carbocycles. The van der Waals surface area contributed by atoms with Gasteiger partial charge in [0, 0.05) is 16.9 Å². The Hall–Kier alpha value is -1.33. The molecule has 106 valence electrons. The third-order valence-electron chi connectivity index (χ3n) is 2.67. The van der Waals surface area contributed by atoms with E-state index < -0.39 is 5.82 Å². The molecule has 1 aromatic heterocycles. The quantitative estimate of drug-likeness (QED) is 0.788. The molecule has 6 heteroatoms. The number of thioether (sulfide) groups is 1. The summed E-state index contributed by atoms with van der Waals surface area (Å²) >= 11 is 7.38. The van der Waals surface area contributed by atoms with Gasteiger partial charge in [0.1, 0.15) is 0 Å². The molecule has 0 spiro atoms. The fourth-order valence-electron chi connectivity index (χ4n) is 1.76. The van der Waals surface area contributed by atoms with Crippen LogP contribution in [0.2, 0.25) is 5.15 Å². The summed E-state index contributed by atoms with van der Waals surface area (Å²) in [5.74, 6) is 0.938. The van der Waals surface area contributed by atoms with Crippen molar-refractivity contribution in [2.45, 2.75) is 19.1 Å². The Labute approximate surface area is 126 Å². The van der Waals surface area contributed by atoms with E-state index in [-0.39, 0.29) is 22.0 Å². The number of halogens is 2. The van der Waals surface area contributed by atoms with Crippen LogP contribution in [-0.2, 0) is 0 Å². The number of nitrogens with zero attached hydrogens (tertiary/aromatic N) is 2. The van der Waals surface area contributed by atoms with Gasteiger partial charge in [-0.15, -0.1) is 10.2 Å². The number of hydrogen-bond acceptors (Lipinski definition) is 4. The van der Waals surface area contributed by atoms with Gasteiger partial charge in [0.15, 0.2) is 16.7 Å². The summed E-state index contributed by atoms with van der Waals surface area (Å²) in [5, 5.41) is 7.86. The first-order valence-electron chi connectivity index (χ1n) is 6.19. The second-order valence-electron chi connectivity index (χ2n) is 4.05. The van der Waals surface area contributed by atoms with Crippen molar-refractivity contribution in [3.8, 4) is 11.6 Å². The summed E-state index contributed by atoms with van der Waals surface area (Å²) in [6, 6.07) is 8.01. The lowest BCUT2D eigenvalue weighted by Crippen LogP contribution is -1.99. The third kappa shape index (κ3) is 3.61. The Morgan fingerprint density at radius 2 is 2.10 bits per heavy atom. The van der Waals surface area contributed by atoms with E-state index in [1.165, 1.54) is 6.07 Å². The first-order chi connectivity index (χ1) is 9.61. The Bertz CT molecular complexity index is 580. The molecule has 0 fully saturated rings. The van der Waals surface area contributed by atoms with Gasteiger partial charge in [0.05, 0.1) is 0 Å². The Kier molecular flexibility index (Phi) is 5.20. The van der Waals surface area contributed by atoms with E-state index in [9.17, 15) is 4.39 Å².